The lowest BCUT2D eigenvalue weighted by Crippen LogP contribution is -2.43. The molecule has 1 aromatic carbocycles. The van der Waals surface area contributed by atoms with Crippen molar-refractivity contribution in [1.82, 2.24) is 4.90 Å². The summed E-state index contributed by atoms with van der Waals surface area (Å²) in [5.41, 5.74) is 0.191. The summed E-state index contributed by atoms with van der Waals surface area (Å²) in [7, 11) is 0. The number of hydrogen-bond acceptors (Lipinski definition) is 2. The Morgan fingerprint density at radius 1 is 1.23 bits per heavy atom. The average Bonchev–Trinajstić information content (AvgIpc) is 2.92. The molecule has 2 amide bonds. The highest BCUT2D eigenvalue weighted by Gasteiger charge is 2.39. The molecule has 0 bridgehead atoms. The van der Waals surface area contributed by atoms with Gasteiger partial charge in [-0.15, -0.1) is 0 Å². The van der Waals surface area contributed by atoms with Crippen LogP contribution in [0.2, 0.25) is 0 Å². The van der Waals surface area contributed by atoms with E-state index < -0.39 is 11.9 Å². The van der Waals surface area contributed by atoms with Crippen LogP contribution in [0.4, 0.5) is 14.9 Å². The lowest BCUT2D eigenvalue weighted by molar-refractivity contribution is 0.164. The summed E-state index contributed by atoms with van der Waals surface area (Å²) in [6.07, 6.45) is 6.03. The van der Waals surface area contributed by atoms with Gasteiger partial charge in [-0.2, -0.15) is 0 Å². The molecule has 1 aromatic rings. The van der Waals surface area contributed by atoms with Crippen LogP contribution >= 0.6 is 0 Å². The highest BCUT2D eigenvalue weighted by Crippen LogP contribution is 2.34. The van der Waals surface area contributed by atoms with Gasteiger partial charge in [0.05, 0.1) is 11.8 Å². The number of carbonyl (C=O) groups is 1. The maximum absolute atomic E-state index is 13.7. The molecule has 5 heteroatoms. The van der Waals surface area contributed by atoms with Crippen LogP contribution in [0.3, 0.4) is 0 Å². The molecular formula is C17H23FN2O2. The Hall–Kier alpha value is -1.62. The molecule has 2 fully saturated rings. The number of anilines is 1. The van der Waals surface area contributed by atoms with Gasteiger partial charge in [0.1, 0.15) is 5.82 Å². The maximum Gasteiger partial charge on any atom is 0.322 e. The Morgan fingerprint density at radius 2 is 1.95 bits per heavy atom. The number of aliphatic hydroxyl groups excluding tert-OH is 1. The number of urea groups is 1. The maximum atomic E-state index is 13.7. The summed E-state index contributed by atoms with van der Waals surface area (Å²) in [4.78, 5) is 14.2. The zero-order valence-electron chi connectivity index (χ0n) is 12.7. The quantitative estimate of drug-likeness (QED) is 0.880. The van der Waals surface area contributed by atoms with Crippen LogP contribution in [-0.2, 0) is 0 Å². The number of β-amino-alcohol motifs (C(OH)–C–C–N with tert-alkyl or cyclic N) is 1. The summed E-state index contributed by atoms with van der Waals surface area (Å²) in [5.74, 6) is 0.0158. The summed E-state index contributed by atoms with van der Waals surface area (Å²) < 4.78 is 13.7. The van der Waals surface area contributed by atoms with Gasteiger partial charge in [0.15, 0.2) is 0 Å². The first-order valence-corrected chi connectivity index (χ1v) is 8.15. The Morgan fingerprint density at radius 3 is 2.68 bits per heavy atom. The van der Waals surface area contributed by atoms with Gasteiger partial charge >= 0.3 is 6.03 Å². The molecule has 0 radical (unpaired) electrons. The van der Waals surface area contributed by atoms with E-state index in [0.717, 1.165) is 12.8 Å². The molecule has 0 unspecified atom stereocenters. The van der Waals surface area contributed by atoms with E-state index in [1.807, 2.05) is 0 Å². The van der Waals surface area contributed by atoms with E-state index in [-0.39, 0.29) is 17.8 Å². The molecule has 0 spiro atoms. The van der Waals surface area contributed by atoms with E-state index >= 15 is 0 Å². The van der Waals surface area contributed by atoms with E-state index in [1.165, 1.54) is 25.3 Å². The lowest BCUT2D eigenvalue weighted by atomic mass is 9.83. The van der Waals surface area contributed by atoms with Gasteiger partial charge in [-0.25, -0.2) is 9.18 Å². The van der Waals surface area contributed by atoms with Crippen molar-refractivity contribution in [3.05, 3.63) is 30.1 Å². The van der Waals surface area contributed by atoms with Crippen LogP contribution in [0.25, 0.3) is 0 Å². The number of aliphatic hydroxyl groups is 1. The van der Waals surface area contributed by atoms with E-state index in [9.17, 15) is 14.3 Å². The minimum Gasteiger partial charge on any atom is -0.391 e. The van der Waals surface area contributed by atoms with Gasteiger partial charge in [-0.3, -0.25) is 0 Å². The van der Waals surface area contributed by atoms with Crippen molar-refractivity contribution in [3.8, 4) is 0 Å². The second kappa shape index (κ2) is 6.65. The number of amides is 2. The molecule has 1 aliphatic carbocycles. The summed E-state index contributed by atoms with van der Waals surface area (Å²) >= 11 is 0. The van der Waals surface area contributed by atoms with Crippen LogP contribution in [0.5, 0.6) is 0 Å². The van der Waals surface area contributed by atoms with Crippen LogP contribution < -0.4 is 5.32 Å². The monoisotopic (exact) mass is 306 g/mol. The molecule has 120 valence electrons. The second-order valence-electron chi connectivity index (χ2n) is 6.42. The van der Waals surface area contributed by atoms with Crippen LogP contribution in [0.1, 0.15) is 38.5 Å². The molecule has 1 aliphatic heterocycles. The molecule has 2 atom stereocenters. The molecule has 1 saturated carbocycles. The smallest absolute Gasteiger partial charge is 0.322 e. The van der Waals surface area contributed by atoms with Gasteiger partial charge in [0.2, 0.25) is 0 Å². The standard InChI is InChI=1S/C17H23FN2O2/c18-14-8-4-5-9-15(14)19-17(22)20-11-13(21)10-16(20)12-6-2-1-3-7-12/h4-5,8-9,12-13,16,21H,1-3,6-7,10-11H2,(H,19,22)/t13-,16+/m1/s1. The van der Waals surface area contributed by atoms with Gasteiger partial charge in [0, 0.05) is 12.6 Å². The molecule has 2 aliphatic rings. The van der Waals surface area contributed by atoms with Crippen molar-refractivity contribution in [2.75, 3.05) is 11.9 Å². The van der Waals surface area contributed by atoms with Crippen molar-refractivity contribution in [1.29, 1.82) is 0 Å². The van der Waals surface area contributed by atoms with E-state index in [0.29, 0.717) is 18.9 Å². The highest BCUT2D eigenvalue weighted by molar-refractivity contribution is 5.89. The number of likely N-dealkylation sites (tertiary alicyclic amines) is 1. The first-order chi connectivity index (χ1) is 10.6. The number of nitrogens with zero attached hydrogens (tertiary/aromatic N) is 1. The SMILES string of the molecule is O=C(Nc1ccccc1F)N1C[C@H](O)C[C@H]1C1CCCCC1. The van der Waals surface area contributed by atoms with E-state index in [4.69, 9.17) is 0 Å². The minimum atomic E-state index is -0.474. The Kier molecular flexibility index (Phi) is 4.62. The zero-order valence-corrected chi connectivity index (χ0v) is 12.7. The van der Waals surface area contributed by atoms with Crippen molar-refractivity contribution in [2.24, 2.45) is 5.92 Å². The van der Waals surface area contributed by atoms with Crippen molar-refractivity contribution >= 4 is 11.7 Å². The highest BCUT2D eigenvalue weighted by atomic mass is 19.1. The van der Waals surface area contributed by atoms with Crippen LogP contribution in [-0.4, -0.2) is 34.7 Å². The van der Waals surface area contributed by atoms with Crippen molar-refractivity contribution in [3.63, 3.8) is 0 Å². The van der Waals surface area contributed by atoms with Crippen LogP contribution in [0, 0.1) is 11.7 Å². The largest absolute Gasteiger partial charge is 0.391 e. The summed E-state index contributed by atoms with van der Waals surface area (Å²) in [5, 5.41) is 12.6. The van der Waals surface area contributed by atoms with Crippen LogP contribution in [0.15, 0.2) is 24.3 Å². The minimum absolute atomic E-state index is 0.0714. The number of benzene rings is 1. The first kappa shape index (κ1) is 15.3. The fourth-order valence-electron chi connectivity index (χ4n) is 3.79. The van der Waals surface area contributed by atoms with E-state index in [2.05, 4.69) is 5.32 Å². The summed E-state index contributed by atoms with van der Waals surface area (Å²) in [6, 6.07) is 5.92. The predicted molar refractivity (Wildman–Crippen MR) is 83.1 cm³/mol. The molecule has 1 saturated heterocycles. The van der Waals surface area contributed by atoms with E-state index in [1.54, 1.807) is 23.1 Å². The van der Waals surface area contributed by atoms with Gasteiger partial charge < -0.3 is 15.3 Å². The fourth-order valence-corrected chi connectivity index (χ4v) is 3.79. The van der Waals surface area contributed by atoms with Crippen molar-refractivity contribution < 1.29 is 14.3 Å². The lowest BCUT2D eigenvalue weighted by Gasteiger charge is -2.33. The number of nitrogens with one attached hydrogen (secondary N) is 1. The number of rotatable bonds is 2. The Bertz CT molecular complexity index is 531. The third-order valence-corrected chi connectivity index (χ3v) is 4.89. The third kappa shape index (κ3) is 3.24. The number of hydrogen-bond donors (Lipinski definition) is 2. The Labute approximate surface area is 130 Å². The first-order valence-electron chi connectivity index (χ1n) is 8.15. The Balaban J connectivity index is 1.70. The van der Waals surface area contributed by atoms with Gasteiger partial charge in [-0.1, -0.05) is 31.4 Å². The number of carbonyl (C=O) groups excluding carboxylic acids is 1. The molecular weight excluding hydrogens is 283 g/mol. The number of para-hydroxylation sites is 1. The molecule has 3 rings (SSSR count). The van der Waals surface area contributed by atoms with Crippen molar-refractivity contribution in [2.45, 2.75) is 50.7 Å². The number of halogens is 1. The third-order valence-electron chi connectivity index (χ3n) is 4.89. The molecule has 4 nitrogen and oxygen atoms in total. The summed E-state index contributed by atoms with van der Waals surface area (Å²) in [6.45, 7) is 0.335. The van der Waals surface area contributed by atoms with Gasteiger partial charge in [-0.05, 0) is 37.3 Å². The average molecular weight is 306 g/mol. The molecule has 22 heavy (non-hydrogen) atoms. The molecule has 0 aromatic heterocycles. The normalized spacial score (nSPS) is 26.2. The zero-order chi connectivity index (χ0) is 15.5. The fraction of sp³-hybridized carbons (Fsp3) is 0.588. The van der Waals surface area contributed by atoms with Gasteiger partial charge in [0.25, 0.3) is 0 Å². The second-order valence-corrected chi connectivity index (χ2v) is 6.42. The topological polar surface area (TPSA) is 52.6 Å². The molecule has 2 N–H and O–H groups in total. The molecule has 1 heterocycles. The predicted octanol–water partition coefficient (Wildman–Crippen LogP) is 3.37.